The molecule has 2 aromatic heterocycles. The Hall–Kier alpha value is -3.78. The summed E-state index contributed by atoms with van der Waals surface area (Å²) in [6.45, 7) is 0. The first-order valence-electron chi connectivity index (χ1n) is 9.05. The molecule has 0 aliphatic rings. The Kier molecular flexibility index (Phi) is 5.67. The summed E-state index contributed by atoms with van der Waals surface area (Å²) in [7, 11) is 3.15. The lowest BCUT2D eigenvalue weighted by Crippen LogP contribution is -2.12. The van der Waals surface area contributed by atoms with Crippen LogP contribution in [0.15, 0.2) is 66.3 Å². The molecule has 1 amide bonds. The van der Waals surface area contributed by atoms with Gasteiger partial charge in [0, 0.05) is 10.9 Å². The molecule has 0 radical (unpaired) electrons. The lowest BCUT2D eigenvalue weighted by Gasteiger charge is -2.10. The number of aromatic nitrogens is 3. The Labute approximate surface area is 177 Å². The molecule has 0 unspecified atom stereocenters. The van der Waals surface area contributed by atoms with Crippen molar-refractivity contribution in [1.82, 2.24) is 15.0 Å². The predicted molar refractivity (Wildman–Crippen MR) is 116 cm³/mol. The van der Waals surface area contributed by atoms with E-state index in [1.165, 1.54) is 11.3 Å². The van der Waals surface area contributed by atoms with Crippen molar-refractivity contribution >= 4 is 22.9 Å². The summed E-state index contributed by atoms with van der Waals surface area (Å²) in [6, 6.07) is 15.2. The molecule has 0 fully saturated rings. The van der Waals surface area contributed by atoms with Gasteiger partial charge in [0.15, 0.2) is 17.3 Å². The van der Waals surface area contributed by atoms with Crippen molar-refractivity contribution in [2.75, 3.05) is 19.5 Å². The fourth-order valence-corrected chi connectivity index (χ4v) is 3.70. The van der Waals surface area contributed by atoms with Crippen LogP contribution in [-0.4, -0.2) is 35.1 Å². The molecule has 0 atom stereocenters. The number of carbonyl (C=O) groups excluding carboxylic acids is 1. The van der Waals surface area contributed by atoms with Gasteiger partial charge in [0.25, 0.3) is 5.91 Å². The minimum absolute atomic E-state index is 0.298. The molecule has 0 saturated heterocycles. The molecule has 8 heteroatoms. The van der Waals surface area contributed by atoms with Crippen LogP contribution < -0.4 is 14.8 Å². The number of carbonyl (C=O) groups is 1. The van der Waals surface area contributed by atoms with E-state index in [4.69, 9.17) is 9.47 Å². The number of ether oxygens (including phenoxy) is 2. The molecule has 0 aliphatic carbocycles. The molecule has 150 valence electrons. The standard InChI is InChI=1S/C22H18N4O3S/c1-28-18-10-6-9-16(19(18)29-2)22-26-17(13-30-22)21(27)25-15-11-23-20(24-12-15)14-7-4-3-5-8-14/h3-13H,1-2H3,(H,25,27). The Morgan fingerprint density at radius 3 is 2.43 bits per heavy atom. The third kappa shape index (κ3) is 3.99. The van der Waals surface area contributed by atoms with Gasteiger partial charge in [0.2, 0.25) is 0 Å². The lowest BCUT2D eigenvalue weighted by molar-refractivity contribution is 0.102. The summed E-state index contributed by atoms with van der Waals surface area (Å²) in [5, 5.41) is 5.13. The number of hydrogen-bond acceptors (Lipinski definition) is 7. The van der Waals surface area contributed by atoms with Gasteiger partial charge in [0.1, 0.15) is 10.7 Å². The molecule has 30 heavy (non-hydrogen) atoms. The van der Waals surface area contributed by atoms with Gasteiger partial charge in [-0.2, -0.15) is 0 Å². The van der Waals surface area contributed by atoms with E-state index in [2.05, 4.69) is 20.3 Å². The Bertz CT molecular complexity index is 1160. The van der Waals surface area contributed by atoms with Crippen LogP contribution >= 0.6 is 11.3 Å². The van der Waals surface area contributed by atoms with Gasteiger partial charge >= 0.3 is 0 Å². The van der Waals surface area contributed by atoms with E-state index in [0.29, 0.717) is 33.7 Å². The second kappa shape index (κ2) is 8.71. The van der Waals surface area contributed by atoms with Crippen molar-refractivity contribution in [1.29, 1.82) is 0 Å². The number of anilines is 1. The van der Waals surface area contributed by atoms with E-state index in [1.54, 1.807) is 32.0 Å². The van der Waals surface area contributed by atoms with E-state index in [0.717, 1.165) is 11.1 Å². The highest BCUT2D eigenvalue weighted by Gasteiger charge is 2.17. The van der Waals surface area contributed by atoms with Gasteiger partial charge in [-0.15, -0.1) is 11.3 Å². The number of nitrogens with one attached hydrogen (secondary N) is 1. The van der Waals surface area contributed by atoms with Crippen LogP contribution in [0.5, 0.6) is 11.5 Å². The van der Waals surface area contributed by atoms with Crippen molar-refractivity contribution in [3.63, 3.8) is 0 Å². The van der Waals surface area contributed by atoms with Crippen LogP contribution in [-0.2, 0) is 0 Å². The number of rotatable bonds is 6. The third-order valence-corrected chi connectivity index (χ3v) is 5.19. The van der Waals surface area contributed by atoms with Crippen molar-refractivity contribution in [2.45, 2.75) is 0 Å². The summed E-state index contributed by atoms with van der Waals surface area (Å²) in [4.78, 5) is 25.7. The molecular weight excluding hydrogens is 400 g/mol. The van der Waals surface area contributed by atoms with Crippen molar-refractivity contribution in [2.24, 2.45) is 0 Å². The van der Waals surface area contributed by atoms with E-state index in [9.17, 15) is 4.79 Å². The molecular formula is C22H18N4O3S. The van der Waals surface area contributed by atoms with Gasteiger partial charge in [0.05, 0.1) is 37.9 Å². The maximum absolute atomic E-state index is 12.6. The normalized spacial score (nSPS) is 10.5. The number of methoxy groups -OCH3 is 2. The van der Waals surface area contributed by atoms with Crippen molar-refractivity contribution in [3.8, 4) is 33.5 Å². The zero-order valence-electron chi connectivity index (χ0n) is 16.3. The van der Waals surface area contributed by atoms with Gasteiger partial charge in [-0.3, -0.25) is 4.79 Å². The average molecular weight is 418 g/mol. The molecule has 0 saturated carbocycles. The Balaban J connectivity index is 1.51. The highest BCUT2D eigenvalue weighted by Crippen LogP contribution is 2.39. The number of para-hydroxylation sites is 1. The number of nitrogens with zero attached hydrogens (tertiary/aromatic N) is 3. The number of benzene rings is 2. The quantitative estimate of drug-likeness (QED) is 0.495. The minimum Gasteiger partial charge on any atom is -0.493 e. The topological polar surface area (TPSA) is 86.2 Å². The molecule has 4 rings (SSSR count). The molecule has 7 nitrogen and oxygen atoms in total. The third-order valence-electron chi connectivity index (χ3n) is 4.31. The highest BCUT2D eigenvalue weighted by molar-refractivity contribution is 7.13. The van der Waals surface area contributed by atoms with E-state index < -0.39 is 0 Å². The first-order valence-corrected chi connectivity index (χ1v) is 9.93. The number of amides is 1. The summed E-state index contributed by atoms with van der Waals surface area (Å²) in [5.74, 6) is 1.43. The Morgan fingerprint density at radius 2 is 1.73 bits per heavy atom. The van der Waals surface area contributed by atoms with Gasteiger partial charge < -0.3 is 14.8 Å². The second-order valence-electron chi connectivity index (χ2n) is 6.19. The molecule has 0 aliphatic heterocycles. The fourth-order valence-electron chi connectivity index (χ4n) is 2.88. The van der Waals surface area contributed by atoms with Gasteiger partial charge in [-0.05, 0) is 12.1 Å². The molecule has 2 aromatic carbocycles. The van der Waals surface area contributed by atoms with Gasteiger partial charge in [-0.1, -0.05) is 36.4 Å². The zero-order chi connectivity index (χ0) is 20.9. The van der Waals surface area contributed by atoms with Crippen LogP contribution in [0.25, 0.3) is 22.0 Å². The zero-order valence-corrected chi connectivity index (χ0v) is 17.1. The summed E-state index contributed by atoms with van der Waals surface area (Å²) >= 11 is 1.35. The maximum atomic E-state index is 12.6. The number of hydrogen-bond donors (Lipinski definition) is 1. The first-order chi connectivity index (χ1) is 14.7. The monoisotopic (exact) mass is 418 g/mol. The number of thiazole rings is 1. The van der Waals surface area contributed by atoms with Crippen molar-refractivity contribution < 1.29 is 14.3 Å². The minimum atomic E-state index is -0.338. The molecule has 0 bridgehead atoms. The largest absolute Gasteiger partial charge is 0.493 e. The van der Waals surface area contributed by atoms with E-state index >= 15 is 0 Å². The van der Waals surface area contributed by atoms with Crippen LogP contribution in [0, 0.1) is 0 Å². The van der Waals surface area contributed by atoms with Crippen molar-refractivity contribution in [3.05, 3.63) is 72.0 Å². The van der Waals surface area contributed by atoms with Crippen LogP contribution in [0.2, 0.25) is 0 Å². The maximum Gasteiger partial charge on any atom is 0.275 e. The second-order valence-corrected chi connectivity index (χ2v) is 7.05. The van der Waals surface area contributed by atoms with Crippen LogP contribution in [0.4, 0.5) is 5.69 Å². The van der Waals surface area contributed by atoms with Crippen LogP contribution in [0.3, 0.4) is 0 Å². The van der Waals surface area contributed by atoms with Crippen LogP contribution in [0.1, 0.15) is 10.5 Å². The molecule has 0 spiro atoms. The van der Waals surface area contributed by atoms with E-state index in [-0.39, 0.29) is 5.91 Å². The summed E-state index contributed by atoms with van der Waals surface area (Å²) < 4.78 is 10.8. The highest BCUT2D eigenvalue weighted by atomic mass is 32.1. The Morgan fingerprint density at radius 1 is 0.967 bits per heavy atom. The average Bonchev–Trinajstić information content (AvgIpc) is 3.30. The molecule has 2 heterocycles. The molecule has 4 aromatic rings. The molecule has 1 N–H and O–H groups in total. The summed E-state index contributed by atoms with van der Waals surface area (Å²) in [6.07, 6.45) is 3.15. The first kappa shape index (κ1) is 19.5. The van der Waals surface area contributed by atoms with Gasteiger partial charge in [-0.25, -0.2) is 15.0 Å². The smallest absolute Gasteiger partial charge is 0.275 e. The van der Waals surface area contributed by atoms with E-state index in [1.807, 2.05) is 48.5 Å². The lowest BCUT2D eigenvalue weighted by atomic mass is 10.2. The predicted octanol–water partition coefficient (Wildman–Crippen LogP) is 4.54. The SMILES string of the molecule is COc1cccc(-c2nc(C(=O)Nc3cnc(-c4ccccc4)nc3)cs2)c1OC. The summed E-state index contributed by atoms with van der Waals surface area (Å²) in [5.41, 5.74) is 2.46. The fraction of sp³-hybridized carbons (Fsp3) is 0.0909.